The fourth-order valence-corrected chi connectivity index (χ4v) is 3.40. The lowest BCUT2D eigenvalue weighted by molar-refractivity contribution is 0.0515. The molecule has 0 aliphatic rings. The van der Waals surface area contributed by atoms with E-state index in [9.17, 15) is 19.8 Å². The highest BCUT2D eigenvalue weighted by atomic mass is 16.3. The Labute approximate surface area is 171 Å². The van der Waals surface area contributed by atoms with Crippen LogP contribution >= 0.6 is 0 Å². The molecule has 164 valence electrons. The summed E-state index contributed by atoms with van der Waals surface area (Å²) in [6.45, 7) is 4.13. The van der Waals surface area contributed by atoms with Crippen LogP contribution in [-0.4, -0.2) is 94.6 Å². The minimum Gasteiger partial charge on any atom is -0.398 e. The van der Waals surface area contributed by atoms with Crippen LogP contribution < -0.4 is 5.73 Å². The van der Waals surface area contributed by atoms with Crippen LogP contribution in [-0.2, 0) is 6.42 Å². The van der Waals surface area contributed by atoms with E-state index in [0.29, 0.717) is 34.4 Å². The van der Waals surface area contributed by atoms with Crippen LogP contribution in [0, 0.1) is 13.8 Å². The molecular weight excluding hydrogens is 378 g/mol. The Balaban J connectivity index is 3.51. The zero-order chi connectivity index (χ0) is 22.5. The number of nitrogens with zero attached hydrogens (tertiary/aromatic N) is 2. The van der Waals surface area contributed by atoms with Gasteiger partial charge in [-0.3, -0.25) is 9.59 Å². The van der Waals surface area contributed by atoms with E-state index < -0.39 is 37.2 Å². The predicted octanol–water partition coefficient (Wildman–Crippen LogP) is -0.702. The van der Waals surface area contributed by atoms with Gasteiger partial charge in [0.15, 0.2) is 0 Å². The molecule has 0 heterocycles. The highest BCUT2D eigenvalue weighted by Gasteiger charge is 2.29. The van der Waals surface area contributed by atoms with Gasteiger partial charge in [-0.15, -0.1) is 0 Å². The summed E-state index contributed by atoms with van der Waals surface area (Å²) in [5.41, 5.74) is 8.80. The summed E-state index contributed by atoms with van der Waals surface area (Å²) >= 11 is 0. The van der Waals surface area contributed by atoms with Crippen LogP contribution in [0.15, 0.2) is 0 Å². The van der Waals surface area contributed by atoms with Crippen molar-refractivity contribution < 1.29 is 30.0 Å². The molecule has 1 rings (SSSR count). The Kier molecular flexibility index (Phi) is 9.03. The van der Waals surface area contributed by atoms with Crippen LogP contribution in [0.5, 0.6) is 0 Å². The molecule has 0 bridgehead atoms. The molecule has 9 heteroatoms. The van der Waals surface area contributed by atoms with Gasteiger partial charge in [0.25, 0.3) is 11.8 Å². The molecule has 2 unspecified atom stereocenters. The van der Waals surface area contributed by atoms with Crippen molar-refractivity contribution in [1.82, 2.24) is 9.80 Å². The van der Waals surface area contributed by atoms with Crippen molar-refractivity contribution in [3.63, 3.8) is 0 Å². The highest BCUT2D eigenvalue weighted by molar-refractivity contribution is 6.06. The third-order valence-electron chi connectivity index (χ3n) is 5.02. The number of rotatable bonds is 9. The summed E-state index contributed by atoms with van der Waals surface area (Å²) in [7, 11) is 3.00. The van der Waals surface area contributed by atoms with E-state index in [1.54, 1.807) is 13.8 Å². The van der Waals surface area contributed by atoms with Gasteiger partial charge in [-0.05, 0) is 37.0 Å². The van der Waals surface area contributed by atoms with E-state index in [1.165, 1.54) is 23.9 Å². The first-order chi connectivity index (χ1) is 13.5. The van der Waals surface area contributed by atoms with Crippen LogP contribution in [0.2, 0.25) is 0 Å². The molecule has 0 aliphatic carbocycles. The fourth-order valence-electron chi connectivity index (χ4n) is 3.40. The number of nitrogen functional groups attached to an aromatic ring is 1. The first kappa shape index (κ1) is 24.8. The average Bonchev–Trinajstić information content (AvgIpc) is 2.69. The Morgan fingerprint density at radius 2 is 1.31 bits per heavy atom. The molecule has 0 radical (unpaired) electrons. The number of aliphatic hydroxyl groups excluding tert-OH is 4. The average molecular weight is 411 g/mol. The molecule has 0 saturated carbocycles. The Bertz CT molecular complexity index is 752. The summed E-state index contributed by atoms with van der Waals surface area (Å²) in [4.78, 5) is 28.7. The van der Waals surface area contributed by atoms with E-state index in [-0.39, 0.29) is 18.7 Å². The number of benzene rings is 1. The van der Waals surface area contributed by atoms with E-state index >= 15 is 0 Å². The smallest absolute Gasteiger partial charge is 0.254 e. The Hall–Kier alpha value is -2.20. The van der Waals surface area contributed by atoms with Crippen molar-refractivity contribution >= 4 is 17.5 Å². The quantitative estimate of drug-likeness (QED) is 0.337. The van der Waals surface area contributed by atoms with Gasteiger partial charge in [-0.25, -0.2) is 0 Å². The number of hydrogen-bond donors (Lipinski definition) is 5. The minimum atomic E-state index is -1.08. The van der Waals surface area contributed by atoms with E-state index in [1.807, 2.05) is 6.92 Å². The molecule has 2 amide bonds. The number of carbonyl (C=O) groups excluding carboxylic acids is 2. The van der Waals surface area contributed by atoms with Crippen molar-refractivity contribution in [3.05, 3.63) is 27.8 Å². The van der Waals surface area contributed by atoms with Crippen LogP contribution in [0.3, 0.4) is 0 Å². The molecule has 1 aromatic carbocycles. The maximum Gasteiger partial charge on any atom is 0.254 e. The molecule has 0 fully saturated rings. The molecule has 9 nitrogen and oxygen atoms in total. The standard InChI is InChI=1S/C20H33N3O6/c1-6-15-17(20(29)23(5)8-14(27)10-25)11(2)16(12(3)18(15)21)19(28)22(4)7-13(26)9-24/h13-14,24-27H,6-10,21H2,1-5H3. The number of hydrogen-bond acceptors (Lipinski definition) is 7. The summed E-state index contributed by atoms with van der Waals surface area (Å²) in [6.07, 6.45) is -1.69. The second-order valence-electron chi connectivity index (χ2n) is 7.29. The number of nitrogens with two attached hydrogens (primary N) is 1. The lowest BCUT2D eigenvalue weighted by Crippen LogP contribution is -2.38. The molecule has 0 spiro atoms. The second-order valence-corrected chi connectivity index (χ2v) is 7.29. The topological polar surface area (TPSA) is 148 Å². The Morgan fingerprint density at radius 3 is 1.69 bits per heavy atom. The van der Waals surface area contributed by atoms with Crippen LogP contribution in [0.4, 0.5) is 5.69 Å². The van der Waals surface area contributed by atoms with Crippen molar-refractivity contribution in [2.45, 2.75) is 39.4 Å². The molecular formula is C20H33N3O6. The summed E-state index contributed by atoms with van der Waals surface area (Å²) < 4.78 is 0. The molecule has 2 atom stereocenters. The molecule has 1 aromatic rings. The Morgan fingerprint density at radius 1 is 0.897 bits per heavy atom. The second kappa shape index (κ2) is 10.5. The zero-order valence-electron chi connectivity index (χ0n) is 17.8. The van der Waals surface area contributed by atoms with Crippen molar-refractivity contribution in [3.8, 4) is 0 Å². The van der Waals surface area contributed by atoms with Crippen molar-refractivity contribution in [1.29, 1.82) is 0 Å². The van der Waals surface area contributed by atoms with Gasteiger partial charge >= 0.3 is 0 Å². The van der Waals surface area contributed by atoms with E-state index in [0.717, 1.165) is 0 Å². The van der Waals surface area contributed by atoms with Crippen molar-refractivity contribution in [2.75, 3.05) is 46.1 Å². The number of anilines is 1. The van der Waals surface area contributed by atoms with Gasteiger partial charge in [-0.1, -0.05) is 6.92 Å². The monoisotopic (exact) mass is 411 g/mol. The number of likely N-dealkylation sites (N-methyl/N-ethyl adjacent to an activating group) is 2. The molecule has 0 saturated heterocycles. The predicted molar refractivity (Wildman–Crippen MR) is 110 cm³/mol. The number of carbonyl (C=O) groups is 2. The molecule has 6 N–H and O–H groups in total. The van der Waals surface area contributed by atoms with Crippen LogP contribution in [0.1, 0.15) is 44.3 Å². The maximum absolute atomic E-state index is 13.1. The first-order valence-corrected chi connectivity index (χ1v) is 9.51. The SMILES string of the molecule is CCc1c(N)c(C)c(C(=O)N(C)CC(O)CO)c(C)c1C(=O)N(C)CC(O)CO. The maximum atomic E-state index is 13.1. The fraction of sp³-hybridized carbons (Fsp3) is 0.600. The van der Waals surface area contributed by atoms with Crippen LogP contribution in [0.25, 0.3) is 0 Å². The van der Waals surface area contributed by atoms with Gasteiger partial charge in [0, 0.05) is 44.0 Å². The lowest BCUT2D eigenvalue weighted by atomic mass is 9.88. The minimum absolute atomic E-state index is 0.0718. The number of amides is 2. The van der Waals surface area contributed by atoms with Gasteiger partial charge in [-0.2, -0.15) is 0 Å². The van der Waals surface area contributed by atoms with E-state index in [4.69, 9.17) is 15.9 Å². The van der Waals surface area contributed by atoms with Gasteiger partial charge in [0.1, 0.15) is 0 Å². The largest absolute Gasteiger partial charge is 0.398 e. The lowest BCUT2D eigenvalue weighted by Gasteiger charge is -2.27. The zero-order valence-corrected chi connectivity index (χ0v) is 17.8. The third kappa shape index (κ3) is 5.45. The first-order valence-electron chi connectivity index (χ1n) is 9.51. The summed E-state index contributed by atoms with van der Waals surface area (Å²) in [5.74, 6) is -0.834. The van der Waals surface area contributed by atoms with Crippen molar-refractivity contribution in [2.24, 2.45) is 0 Å². The highest BCUT2D eigenvalue weighted by Crippen LogP contribution is 2.32. The molecule has 0 aromatic heterocycles. The molecule has 29 heavy (non-hydrogen) atoms. The van der Waals surface area contributed by atoms with E-state index in [2.05, 4.69) is 0 Å². The normalized spacial score (nSPS) is 13.1. The number of aliphatic hydroxyl groups is 4. The summed E-state index contributed by atoms with van der Waals surface area (Å²) in [5, 5.41) is 37.4. The summed E-state index contributed by atoms with van der Waals surface area (Å²) in [6, 6.07) is 0. The molecule has 0 aliphatic heterocycles. The van der Waals surface area contributed by atoms with Gasteiger partial charge in [0.2, 0.25) is 0 Å². The third-order valence-corrected chi connectivity index (χ3v) is 5.02. The van der Waals surface area contributed by atoms with Gasteiger partial charge < -0.3 is 36.0 Å². The van der Waals surface area contributed by atoms with Gasteiger partial charge in [0.05, 0.1) is 25.4 Å².